The number of hydrogen-bond acceptors (Lipinski definition) is 2. The lowest BCUT2D eigenvalue weighted by atomic mass is 9.78. The minimum absolute atomic E-state index is 0. The standard InChI is InChI=1S/C11H17N3O.ClH/c1-8-9(3-6-13-8)10(15)14-7-11(12)4-2-5-11;/h3,6,13H,2,4-5,7,12H2,1H3,(H,14,15);1H. The molecule has 0 aromatic carbocycles. The Labute approximate surface area is 101 Å². The Kier molecular flexibility index (Phi) is 3.99. The summed E-state index contributed by atoms with van der Waals surface area (Å²) >= 11 is 0. The molecular formula is C11H18ClN3O. The highest BCUT2D eigenvalue weighted by atomic mass is 35.5. The number of aryl methyl sites for hydroxylation is 1. The Bertz CT molecular complexity index is 371. The summed E-state index contributed by atoms with van der Waals surface area (Å²) in [6.07, 6.45) is 4.97. The molecule has 1 aliphatic carbocycles. The zero-order chi connectivity index (χ0) is 10.9. The first-order chi connectivity index (χ1) is 7.11. The molecule has 1 aromatic heterocycles. The molecule has 4 N–H and O–H groups in total. The van der Waals surface area contributed by atoms with Gasteiger partial charge in [0.05, 0.1) is 5.56 Å². The van der Waals surface area contributed by atoms with E-state index >= 15 is 0 Å². The molecular weight excluding hydrogens is 226 g/mol. The monoisotopic (exact) mass is 243 g/mol. The number of carbonyl (C=O) groups excluding carboxylic acids is 1. The number of carbonyl (C=O) groups is 1. The molecule has 4 nitrogen and oxygen atoms in total. The van der Waals surface area contributed by atoms with E-state index in [1.807, 2.05) is 6.92 Å². The second-order valence-corrected chi connectivity index (χ2v) is 4.41. The minimum atomic E-state index is -0.153. The molecule has 1 aliphatic rings. The number of halogens is 1. The third-order valence-electron chi connectivity index (χ3n) is 3.15. The Morgan fingerprint density at radius 2 is 2.31 bits per heavy atom. The number of nitrogens with two attached hydrogens (primary N) is 1. The number of hydrogen-bond donors (Lipinski definition) is 3. The smallest absolute Gasteiger partial charge is 0.253 e. The van der Waals surface area contributed by atoms with Crippen LogP contribution in [-0.2, 0) is 0 Å². The van der Waals surface area contributed by atoms with Gasteiger partial charge in [-0.05, 0) is 32.3 Å². The largest absolute Gasteiger partial charge is 0.365 e. The first-order valence-corrected chi connectivity index (χ1v) is 5.32. The third-order valence-corrected chi connectivity index (χ3v) is 3.15. The summed E-state index contributed by atoms with van der Waals surface area (Å²) in [5.41, 5.74) is 7.47. The van der Waals surface area contributed by atoms with Gasteiger partial charge in [-0.1, -0.05) is 0 Å². The molecule has 1 heterocycles. The van der Waals surface area contributed by atoms with Crippen molar-refractivity contribution in [3.05, 3.63) is 23.5 Å². The highest BCUT2D eigenvalue weighted by molar-refractivity contribution is 5.95. The van der Waals surface area contributed by atoms with Gasteiger partial charge < -0.3 is 16.0 Å². The molecule has 0 spiro atoms. The van der Waals surface area contributed by atoms with Gasteiger partial charge in [0, 0.05) is 24.0 Å². The van der Waals surface area contributed by atoms with Crippen molar-refractivity contribution in [2.75, 3.05) is 6.54 Å². The van der Waals surface area contributed by atoms with Crippen molar-refractivity contribution in [1.82, 2.24) is 10.3 Å². The number of H-pyrrole nitrogens is 1. The van der Waals surface area contributed by atoms with Crippen molar-refractivity contribution < 1.29 is 4.79 Å². The molecule has 5 heteroatoms. The van der Waals surface area contributed by atoms with E-state index in [9.17, 15) is 4.79 Å². The van der Waals surface area contributed by atoms with Crippen LogP contribution >= 0.6 is 12.4 Å². The van der Waals surface area contributed by atoms with E-state index in [-0.39, 0.29) is 23.9 Å². The topological polar surface area (TPSA) is 70.9 Å². The van der Waals surface area contributed by atoms with Gasteiger partial charge in [-0.3, -0.25) is 4.79 Å². The lowest BCUT2D eigenvalue weighted by molar-refractivity contribution is 0.0929. The zero-order valence-electron chi connectivity index (χ0n) is 9.38. The second-order valence-electron chi connectivity index (χ2n) is 4.41. The van der Waals surface area contributed by atoms with Crippen LogP contribution in [0.25, 0.3) is 0 Å². The maximum Gasteiger partial charge on any atom is 0.253 e. The Morgan fingerprint density at radius 3 is 2.75 bits per heavy atom. The average molecular weight is 244 g/mol. The molecule has 0 atom stereocenters. The molecule has 1 amide bonds. The molecule has 1 fully saturated rings. The quantitative estimate of drug-likeness (QED) is 0.750. The summed E-state index contributed by atoms with van der Waals surface area (Å²) in [4.78, 5) is 14.7. The van der Waals surface area contributed by atoms with Gasteiger partial charge in [0.15, 0.2) is 0 Å². The second kappa shape index (κ2) is 4.89. The van der Waals surface area contributed by atoms with Crippen molar-refractivity contribution in [3.63, 3.8) is 0 Å². The van der Waals surface area contributed by atoms with Crippen molar-refractivity contribution in [2.24, 2.45) is 5.73 Å². The first kappa shape index (κ1) is 13.1. The van der Waals surface area contributed by atoms with Gasteiger partial charge in [-0.25, -0.2) is 0 Å². The van der Waals surface area contributed by atoms with E-state index in [1.54, 1.807) is 12.3 Å². The summed E-state index contributed by atoms with van der Waals surface area (Å²) < 4.78 is 0. The molecule has 1 aromatic rings. The summed E-state index contributed by atoms with van der Waals surface area (Å²) in [5, 5.41) is 2.88. The minimum Gasteiger partial charge on any atom is -0.365 e. The van der Waals surface area contributed by atoms with Crippen molar-refractivity contribution in [1.29, 1.82) is 0 Å². The van der Waals surface area contributed by atoms with Gasteiger partial charge in [-0.15, -0.1) is 12.4 Å². The van der Waals surface area contributed by atoms with E-state index in [1.165, 1.54) is 6.42 Å². The lowest BCUT2D eigenvalue weighted by Gasteiger charge is -2.38. The number of amides is 1. The van der Waals surface area contributed by atoms with Crippen LogP contribution in [-0.4, -0.2) is 23.0 Å². The fraction of sp³-hybridized carbons (Fsp3) is 0.545. The number of rotatable bonds is 3. The Morgan fingerprint density at radius 1 is 1.62 bits per heavy atom. The van der Waals surface area contributed by atoms with Crippen LogP contribution < -0.4 is 11.1 Å². The third kappa shape index (κ3) is 2.57. The summed E-state index contributed by atoms with van der Waals surface area (Å²) in [6, 6.07) is 1.79. The van der Waals surface area contributed by atoms with Crippen LogP contribution in [0.1, 0.15) is 35.3 Å². The average Bonchev–Trinajstić information content (AvgIpc) is 2.58. The summed E-state index contributed by atoms with van der Waals surface area (Å²) in [5.74, 6) is -0.0366. The van der Waals surface area contributed by atoms with Crippen LogP contribution in [0, 0.1) is 6.92 Å². The highest BCUT2D eigenvalue weighted by Crippen LogP contribution is 2.28. The van der Waals surface area contributed by atoms with E-state index < -0.39 is 0 Å². The van der Waals surface area contributed by atoms with Crippen LogP contribution in [0.15, 0.2) is 12.3 Å². The van der Waals surface area contributed by atoms with Gasteiger partial charge in [0.1, 0.15) is 0 Å². The molecule has 0 bridgehead atoms. The Balaban J connectivity index is 0.00000128. The molecule has 0 unspecified atom stereocenters. The normalized spacial score (nSPS) is 17.1. The fourth-order valence-corrected chi connectivity index (χ4v) is 1.86. The maximum absolute atomic E-state index is 11.7. The highest BCUT2D eigenvalue weighted by Gasteiger charge is 2.32. The van der Waals surface area contributed by atoms with E-state index in [4.69, 9.17) is 5.73 Å². The molecule has 1 saturated carbocycles. The first-order valence-electron chi connectivity index (χ1n) is 5.32. The molecule has 2 rings (SSSR count). The fourth-order valence-electron chi connectivity index (χ4n) is 1.86. The van der Waals surface area contributed by atoms with Crippen molar-refractivity contribution >= 4 is 18.3 Å². The van der Waals surface area contributed by atoms with E-state index in [0.717, 1.165) is 18.5 Å². The Hall–Kier alpha value is -1.00. The molecule has 16 heavy (non-hydrogen) atoms. The van der Waals surface area contributed by atoms with Gasteiger partial charge in [0.2, 0.25) is 0 Å². The SMILES string of the molecule is Cc1[nH]ccc1C(=O)NCC1(N)CCC1.Cl. The van der Waals surface area contributed by atoms with Gasteiger partial charge in [0.25, 0.3) is 5.91 Å². The van der Waals surface area contributed by atoms with Crippen molar-refractivity contribution in [2.45, 2.75) is 31.7 Å². The van der Waals surface area contributed by atoms with Crippen LogP contribution in [0.2, 0.25) is 0 Å². The van der Waals surface area contributed by atoms with E-state index in [2.05, 4.69) is 10.3 Å². The lowest BCUT2D eigenvalue weighted by Crippen LogP contribution is -2.54. The van der Waals surface area contributed by atoms with Crippen molar-refractivity contribution in [3.8, 4) is 0 Å². The predicted molar refractivity (Wildman–Crippen MR) is 65.9 cm³/mol. The molecule has 0 radical (unpaired) electrons. The van der Waals surface area contributed by atoms with Crippen LogP contribution in [0.5, 0.6) is 0 Å². The predicted octanol–water partition coefficient (Wildman–Crippen LogP) is 1.36. The van der Waals surface area contributed by atoms with E-state index in [0.29, 0.717) is 12.1 Å². The van der Waals surface area contributed by atoms with Gasteiger partial charge in [-0.2, -0.15) is 0 Å². The zero-order valence-corrected chi connectivity index (χ0v) is 10.2. The summed E-state index contributed by atoms with van der Waals surface area (Å²) in [7, 11) is 0. The summed E-state index contributed by atoms with van der Waals surface area (Å²) in [6.45, 7) is 2.47. The molecule has 0 aliphatic heterocycles. The van der Waals surface area contributed by atoms with Gasteiger partial charge >= 0.3 is 0 Å². The molecule has 90 valence electrons. The van der Waals surface area contributed by atoms with Crippen LogP contribution in [0.4, 0.5) is 0 Å². The van der Waals surface area contributed by atoms with Crippen LogP contribution in [0.3, 0.4) is 0 Å². The number of aromatic amines is 1. The molecule has 0 saturated heterocycles. The number of aromatic nitrogens is 1. The maximum atomic E-state index is 11.7. The number of nitrogens with one attached hydrogen (secondary N) is 2.